The van der Waals surface area contributed by atoms with Gasteiger partial charge in [-0.05, 0) is 6.92 Å². The number of hydrazone groups is 1. The summed E-state index contributed by atoms with van der Waals surface area (Å²) in [6.45, 7) is 2.77. The molecule has 0 atom stereocenters. The van der Waals surface area contributed by atoms with Crippen LogP contribution in [0.5, 0.6) is 0 Å². The van der Waals surface area contributed by atoms with E-state index in [0.29, 0.717) is 5.17 Å². The molecule has 1 rings (SSSR count). The van der Waals surface area contributed by atoms with E-state index >= 15 is 0 Å². The molecule has 0 saturated carbocycles. The lowest BCUT2D eigenvalue weighted by Crippen LogP contribution is -2.36. The van der Waals surface area contributed by atoms with Gasteiger partial charge in [-0.1, -0.05) is 11.6 Å². The van der Waals surface area contributed by atoms with E-state index in [1.165, 1.54) is 0 Å². The van der Waals surface area contributed by atoms with E-state index in [0.717, 1.165) is 17.0 Å². The zero-order chi connectivity index (χ0) is 8.27. The fourth-order valence-electron chi connectivity index (χ4n) is 0.670. The van der Waals surface area contributed by atoms with E-state index in [1.807, 2.05) is 6.92 Å². The number of halogens is 2. The van der Waals surface area contributed by atoms with Crippen molar-refractivity contribution in [2.75, 3.05) is 6.54 Å². The number of hydrazine groups is 1. The Morgan fingerprint density at radius 2 is 2.55 bits per heavy atom. The van der Waals surface area contributed by atoms with Crippen LogP contribution in [-0.2, 0) is 0 Å². The van der Waals surface area contributed by atoms with Crippen molar-refractivity contribution < 1.29 is 0 Å². The predicted octanol–water partition coefficient (Wildman–Crippen LogP) is 0.964. The maximum atomic E-state index is 5.61. The lowest BCUT2D eigenvalue weighted by atomic mass is 10.5. The molecule has 0 fully saturated rings. The second kappa shape index (κ2) is 3.69. The first-order chi connectivity index (χ1) is 5.22. The molecule has 0 radical (unpaired) electrons. The third-order valence-corrected chi connectivity index (χ3v) is 1.37. The molecule has 62 valence electrons. The van der Waals surface area contributed by atoms with Crippen LogP contribution in [0.4, 0.5) is 0 Å². The molecule has 11 heavy (non-hydrogen) atoms. The van der Waals surface area contributed by atoms with Crippen LogP contribution in [-0.4, -0.2) is 16.4 Å². The summed E-state index contributed by atoms with van der Waals surface area (Å²) in [7, 11) is 0. The molecule has 0 aromatic rings. The van der Waals surface area contributed by atoms with Crippen molar-refractivity contribution >= 4 is 28.5 Å². The molecule has 0 saturated heterocycles. The summed E-state index contributed by atoms with van der Waals surface area (Å²) in [6.07, 6.45) is 1.66. The molecular formula is C5H8Cl2N4. The van der Waals surface area contributed by atoms with Gasteiger partial charge in [0.25, 0.3) is 0 Å². The minimum Gasteiger partial charge on any atom is -0.371 e. The number of hydrogen-bond donors (Lipinski definition) is 2. The summed E-state index contributed by atoms with van der Waals surface area (Å²) >= 11 is 11.1. The Labute approximate surface area is 74.9 Å². The summed E-state index contributed by atoms with van der Waals surface area (Å²) in [5.41, 5.74) is 2.72. The first kappa shape index (κ1) is 8.49. The molecule has 1 aliphatic heterocycles. The van der Waals surface area contributed by atoms with Gasteiger partial charge in [0.1, 0.15) is 5.82 Å². The zero-order valence-electron chi connectivity index (χ0n) is 5.93. The molecule has 0 unspecified atom stereocenters. The molecule has 0 aliphatic carbocycles. The van der Waals surface area contributed by atoms with Crippen molar-refractivity contribution in [3.05, 3.63) is 11.9 Å². The van der Waals surface area contributed by atoms with E-state index < -0.39 is 0 Å². The lowest BCUT2D eigenvalue weighted by Gasteiger charge is -2.19. The van der Waals surface area contributed by atoms with Gasteiger partial charge in [0.2, 0.25) is 0 Å². The van der Waals surface area contributed by atoms with Crippen LogP contribution in [0, 0.1) is 0 Å². The quantitative estimate of drug-likeness (QED) is 0.644. The molecule has 0 bridgehead atoms. The van der Waals surface area contributed by atoms with Gasteiger partial charge in [0.05, 0.1) is 11.8 Å². The number of hydrogen-bond acceptors (Lipinski definition) is 4. The SMILES string of the molecule is CCNC1=CC(Cl)=NN(Cl)N1. The highest BCUT2D eigenvalue weighted by atomic mass is 35.5. The van der Waals surface area contributed by atoms with Crippen molar-refractivity contribution in [3.8, 4) is 0 Å². The minimum absolute atomic E-state index is 0.342. The van der Waals surface area contributed by atoms with Gasteiger partial charge >= 0.3 is 0 Å². The summed E-state index contributed by atoms with van der Waals surface area (Å²) < 4.78 is 1.03. The van der Waals surface area contributed by atoms with Crippen molar-refractivity contribution in [3.63, 3.8) is 0 Å². The maximum absolute atomic E-state index is 5.61. The van der Waals surface area contributed by atoms with E-state index in [-0.39, 0.29) is 0 Å². The fourth-order valence-corrected chi connectivity index (χ4v) is 1.07. The Hall–Kier alpha value is -0.610. The van der Waals surface area contributed by atoms with Crippen molar-refractivity contribution in [2.24, 2.45) is 5.10 Å². The zero-order valence-corrected chi connectivity index (χ0v) is 7.45. The van der Waals surface area contributed by atoms with Crippen molar-refractivity contribution in [1.82, 2.24) is 15.4 Å². The molecule has 0 spiro atoms. The number of allylic oxidation sites excluding steroid dienone is 1. The minimum atomic E-state index is 0.342. The van der Waals surface area contributed by atoms with Gasteiger partial charge in [0, 0.05) is 12.6 Å². The molecule has 2 N–H and O–H groups in total. The van der Waals surface area contributed by atoms with Crippen molar-refractivity contribution in [1.29, 1.82) is 0 Å². The van der Waals surface area contributed by atoms with Gasteiger partial charge < -0.3 is 5.32 Å². The topological polar surface area (TPSA) is 39.7 Å². The third kappa shape index (κ3) is 2.48. The van der Waals surface area contributed by atoms with Gasteiger partial charge in [-0.25, -0.2) is 0 Å². The highest BCUT2D eigenvalue weighted by Gasteiger charge is 2.07. The van der Waals surface area contributed by atoms with Crippen LogP contribution in [0.2, 0.25) is 0 Å². The third-order valence-electron chi connectivity index (χ3n) is 1.03. The Morgan fingerprint density at radius 3 is 3.09 bits per heavy atom. The fraction of sp³-hybridized carbons (Fsp3) is 0.400. The maximum Gasteiger partial charge on any atom is 0.156 e. The van der Waals surface area contributed by atoms with Crippen LogP contribution >= 0.6 is 23.4 Å². The van der Waals surface area contributed by atoms with E-state index in [9.17, 15) is 0 Å². The largest absolute Gasteiger partial charge is 0.371 e. The Morgan fingerprint density at radius 1 is 1.82 bits per heavy atom. The average molecular weight is 195 g/mol. The van der Waals surface area contributed by atoms with E-state index in [2.05, 4.69) is 15.8 Å². The van der Waals surface area contributed by atoms with Crippen molar-refractivity contribution in [2.45, 2.75) is 6.92 Å². The smallest absolute Gasteiger partial charge is 0.156 e. The number of nitrogens with one attached hydrogen (secondary N) is 2. The number of nitrogens with zero attached hydrogens (tertiary/aromatic N) is 2. The van der Waals surface area contributed by atoms with Gasteiger partial charge in [-0.3, -0.25) is 5.43 Å². The Bertz CT molecular complexity index is 201. The van der Waals surface area contributed by atoms with Gasteiger partial charge in [-0.2, -0.15) is 0 Å². The molecule has 0 aromatic carbocycles. The summed E-state index contributed by atoms with van der Waals surface area (Å²) in [5, 5.41) is 7.01. The normalized spacial score (nSPS) is 16.8. The molecule has 4 nitrogen and oxygen atoms in total. The van der Waals surface area contributed by atoms with Crippen LogP contribution in [0.1, 0.15) is 6.92 Å². The highest BCUT2D eigenvalue weighted by Crippen LogP contribution is 2.04. The molecule has 1 aliphatic rings. The van der Waals surface area contributed by atoms with E-state index in [4.69, 9.17) is 23.4 Å². The number of rotatable bonds is 2. The summed E-state index contributed by atoms with van der Waals surface area (Å²) in [5.74, 6) is 0.738. The Kier molecular flexibility index (Phi) is 2.84. The second-order valence-corrected chi connectivity index (χ2v) is 2.59. The average Bonchev–Trinajstić information content (AvgIpc) is 1.85. The van der Waals surface area contributed by atoms with Gasteiger partial charge in [0.15, 0.2) is 5.17 Å². The standard InChI is InChI=1S/C5H8Cl2N4/c1-2-8-5-3-4(6)9-11(7)10-5/h3,8,10H,2H2,1H3. The predicted molar refractivity (Wildman–Crippen MR) is 45.9 cm³/mol. The molecule has 1 heterocycles. The molecular weight excluding hydrogens is 187 g/mol. The van der Waals surface area contributed by atoms with E-state index in [1.54, 1.807) is 6.08 Å². The van der Waals surface area contributed by atoms with Crippen LogP contribution in [0.3, 0.4) is 0 Å². The van der Waals surface area contributed by atoms with Crippen LogP contribution in [0.25, 0.3) is 0 Å². The van der Waals surface area contributed by atoms with Crippen LogP contribution in [0.15, 0.2) is 17.0 Å². The summed E-state index contributed by atoms with van der Waals surface area (Å²) in [4.78, 5) is 0. The summed E-state index contributed by atoms with van der Waals surface area (Å²) in [6, 6.07) is 0. The van der Waals surface area contributed by atoms with Gasteiger partial charge in [-0.15, -0.1) is 9.74 Å². The molecule has 6 heteroatoms. The lowest BCUT2D eigenvalue weighted by molar-refractivity contribution is 0.377. The first-order valence-corrected chi connectivity index (χ1v) is 3.86. The first-order valence-electron chi connectivity index (χ1n) is 3.14. The second-order valence-electron chi connectivity index (χ2n) is 1.88. The highest BCUT2D eigenvalue weighted by molar-refractivity contribution is 6.68. The monoisotopic (exact) mass is 194 g/mol. The molecule has 0 amide bonds. The Balaban J connectivity index is 2.60. The molecule has 0 aromatic heterocycles. The van der Waals surface area contributed by atoms with Crippen LogP contribution < -0.4 is 10.7 Å².